The zero-order valence-electron chi connectivity index (χ0n) is 11.2. The Morgan fingerprint density at radius 1 is 1.47 bits per heavy atom. The number of hydrogen-bond donors (Lipinski definition) is 1. The molecule has 0 spiro atoms. The highest BCUT2D eigenvalue weighted by molar-refractivity contribution is 5.82. The van der Waals surface area contributed by atoms with Crippen molar-refractivity contribution in [2.45, 2.75) is 40.2 Å². The Morgan fingerprint density at radius 3 is 2.71 bits per heavy atom. The van der Waals surface area contributed by atoms with Crippen LogP contribution in [0, 0.1) is 5.92 Å². The van der Waals surface area contributed by atoms with Crippen molar-refractivity contribution in [3.63, 3.8) is 0 Å². The number of ketones is 1. The summed E-state index contributed by atoms with van der Waals surface area (Å²) in [4.78, 5) is 11.9. The molecular weight excluding hydrogens is 214 g/mol. The van der Waals surface area contributed by atoms with Gasteiger partial charge in [0, 0.05) is 24.7 Å². The maximum Gasteiger partial charge on any atom is 0.142 e. The molecule has 1 unspecified atom stereocenters. The van der Waals surface area contributed by atoms with Crippen LogP contribution in [0.5, 0.6) is 0 Å². The summed E-state index contributed by atoms with van der Waals surface area (Å²) in [6.07, 6.45) is 2.37. The molecule has 0 aliphatic rings. The number of Topliss-reactive ketones (excluding diaryl/α,β-unsaturated/α-hetero) is 1. The zero-order chi connectivity index (χ0) is 12.8. The first kappa shape index (κ1) is 13.9. The first-order chi connectivity index (χ1) is 8.04. The van der Waals surface area contributed by atoms with E-state index in [2.05, 4.69) is 24.3 Å². The van der Waals surface area contributed by atoms with Crippen molar-refractivity contribution in [1.29, 1.82) is 0 Å². The highest BCUT2D eigenvalue weighted by Crippen LogP contribution is 2.07. The summed E-state index contributed by atoms with van der Waals surface area (Å²) in [5.41, 5.74) is 0.868. The fourth-order valence-corrected chi connectivity index (χ4v) is 1.59. The van der Waals surface area contributed by atoms with Crippen molar-refractivity contribution in [2.75, 3.05) is 13.1 Å². The van der Waals surface area contributed by atoms with Crippen LogP contribution in [0.25, 0.3) is 0 Å². The van der Waals surface area contributed by atoms with Gasteiger partial charge in [-0.3, -0.25) is 9.48 Å². The molecule has 0 radical (unpaired) electrons. The Labute approximate surface area is 103 Å². The third kappa shape index (κ3) is 4.30. The van der Waals surface area contributed by atoms with Crippen LogP contribution in [0.3, 0.4) is 0 Å². The van der Waals surface area contributed by atoms with Gasteiger partial charge < -0.3 is 5.32 Å². The fourth-order valence-electron chi connectivity index (χ4n) is 1.59. The van der Waals surface area contributed by atoms with Gasteiger partial charge in [-0.2, -0.15) is 5.10 Å². The summed E-state index contributed by atoms with van der Waals surface area (Å²) >= 11 is 0. The molecule has 1 rings (SSSR count). The lowest BCUT2D eigenvalue weighted by Crippen LogP contribution is -2.27. The van der Waals surface area contributed by atoms with Gasteiger partial charge in [0.2, 0.25) is 0 Å². The first-order valence-electron chi connectivity index (χ1n) is 6.32. The number of carbonyl (C=O) groups is 1. The van der Waals surface area contributed by atoms with E-state index in [1.807, 2.05) is 30.8 Å². The normalized spacial score (nSPS) is 13.0. The van der Waals surface area contributed by atoms with Crippen molar-refractivity contribution < 1.29 is 4.79 Å². The molecule has 1 aromatic heterocycles. The number of hydrogen-bond acceptors (Lipinski definition) is 3. The average molecular weight is 237 g/mol. The summed E-state index contributed by atoms with van der Waals surface area (Å²) in [5, 5.41) is 7.58. The van der Waals surface area contributed by atoms with E-state index in [9.17, 15) is 4.79 Å². The number of nitrogens with zero attached hydrogens (tertiary/aromatic N) is 2. The van der Waals surface area contributed by atoms with Crippen LogP contribution in [0.1, 0.15) is 39.4 Å². The Kier molecular flexibility index (Phi) is 5.35. The molecule has 96 valence electrons. The van der Waals surface area contributed by atoms with Gasteiger partial charge in [-0.25, -0.2) is 0 Å². The monoisotopic (exact) mass is 237 g/mol. The maximum atomic E-state index is 11.9. The quantitative estimate of drug-likeness (QED) is 0.787. The van der Waals surface area contributed by atoms with Gasteiger partial charge in [0.1, 0.15) is 5.78 Å². The minimum Gasteiger partial charge on any atom is -0.316 e. The number of aromatic nitrogens is 2. The van der Waals surface area contributed by atoms with E-state index < -0.39 is 0 Å². The smallest absolute Gasteiger partial charge is 0.142 e. The molecule has 1 heterocycles. The van der Waals surface area contributed by atoms with Crippen LogP contribution in [0.2, 0.25) is 0 Å². The Balaban J connectivity index is 2.49. The number of nitrogens with one attached hydrogen (secondary N) is 1. The van der Waals surface area contributed by atoms with E-state index in [0.717, 1.165) is 18.8 Å². The molecule has 0 aromatic carbocycles. The third-order valence-electron chi connectivity index (χ3n) is 2.80. The lowest BCUT2D eigenvalue weighted by Gasteiger charge is -2.09. The summed E-state index contributed by atoms with van der Waals surface area (Å²) in [6, 6.07) is 2.27. The van der Waals surface area contributed by atoms with Crippen molar-refractivity contribution >= 4 is 5.78 Å². The predicted octanol–water partition coefficient (Wildman–Crippen LogP) is 1.82. The summed E-state index contributed by atoms with van der Waals surface area (Å²) in [6.45, 7) is 9.81. The molecule has 0 aliphatic heterocycles. The lowest BCUT2D eigenvalue weighted by atomic mass is 10.0. The summed E-state index contributed by atoms with van der Waals surface area (Å²) in [5.74, 6) is 0.305. The average Bonchev–Trinajstić information content (AvgIpc) is 2.74. The largest absolute Gasteiger partial charge is 0.316 e. The van der Waals surface area contributed by atoms with E-state index in [1.165, 1.54) is 0 Å². The Morgan fingerprint density at radius 2 is 2.18 bits per heavy atom. The van der Waals surface area contributed by atoms with Gasteiger partial charge >= 0.3 is 0 Å². The molecule has 0 aliphatic carbocycles. The van der Waals surface area contributed by atoms with E-state index in [4.69, 9.17) is 0 Å². The Hall–Kier alpha value is -1.16. The van der Waals surface area contributed by atoms with Gasteiger partial charge in [0.05, 0.1) is 12.1 Å². The highest BCUT2D eigenvalue weighted by Gasteiger charge is 2.14. The molecule has 1 aromatic rings. The second kappa shape index (κ2) is 6.55. The summed E-state index contributed by atoms with van der Waals surface area (Å²) in [7, 11) is 0. The fraction of sp³-hybridized carbons (Fsp3) is 0.692. The zero-order valence-corrected chi connectivity index (χ0v) is 11.2. The van der Waals surface area contributed by atoms with Gasteiger partial charge in [-0.05, 0) is 26.5 Å². The molecule has 17 heavy (non-hydrogen) atoms. The summed E-state index contributed by atoms with van der Waals surface area (Å²) < 4.78 is 1.89. The van der Waals surface area contributed by atoms with Crippen LogP contribution in [-0.2, 0) is 11.2 Å². The standard InChI is InChI=1S/C13H23N3O/c1-5-14-9-11(4)13(17)8-12-6-7-16(15-12)10(2)3/h6-7,10-11,14H,5,8-9H2,1-4H3. The topological polar surface area (TPSA) is 46.9 Å². The van der Waals surface area contributed by atoms with Crippen LogP contribution >= 0.6 is 0 Å². The lowest BCUT2D eigenvalue weighted by molar-refractivity contribution is -0.121. The van der Waals surface area contributed by atoms with Gasteiger partial charge in [-0.1, -0.05) is 13.8 Å². The van der Waals surface area contributed by atoms with Crippen molar-refractivity contribution in [3.05, 3.63) is 18.0 Å². The third-order valence-corrected chi connectivity index (χ3v) is 2.80. The van der Waals surface area contributed by atoms with Crippen molar-refractivity contribution in [1.82, 2.24) is 15.1 Å². The van der Waals surface area contributed by atoms with E-state index in [-0.39, 0.29) is 11.7 Å². The second-order valence-corrected chi connectivity index (χ2v) is 4.73. The van der Waals surface area contributed by atoms with E-state index in [0.29, 0.717) is 12.5 Å². The number of rotatable bonds is 7. The predicted molar refractivity (Wildman–Crippen MR) is 69.0 cm³/mol. The molecule has 0 saturated carbocycles. The van der Waals surface area contributed by atoms with Gasteiger partial charge in [0.15, 0.2) is 0 Å². The van der Waals surface area contributed by atoms with Gasteiger partial charge in [0.25, 0.3) is 0 Å². The molecule has 0 fully saturated rings. The highest BCUT2D eigenvalue weighted by atomic mass is 16.1. The molecule has 1 atom stereocenters. The second-order valence-electron chi connectivity index (χ2n) is 4.73. The van der Waals surface area contributed by atoms with E-state index in [1.54, 1.807) is 0 Å². The van der Waals surface area contributed by atoms with E-state index >= 15 is 0 Å². The molecule has 0 saturated heterocycles. The number of carbonyl (C=O) groups excluding carboxylic acids is 1. The minimum absolute atomic E-state index is 0.0548. The molecule has 0 amide bonds. The van der Waals surface area contributed by atoms with Crippen LogP contribution in [0.15, 0.2) is 12.3 Å². The van der Waals surface area contributed by atoms with Crippen molar-refractivity contribution in [3.8, 4) is 0 Å². The van der Waals surface area contributed by atoms with Gasteiger partial charge in [-0.15, -0.1) is 0 Å². The molecule has 1 N–H and O–H groups in total. The molecular formula is C13H23N3O. The van der Waals surface area contributed by atoms with Crippen molar-refractivity contribution in [2.24, 2.45) is 5.92 Å². The SMILES string of the molecule is CCNCC(C)C(=O)Cc1ccn(C(C)C)n1. The van der Waals surface area contributed by atoms with Crippen LogP contribution in [0.4, 0.5) is 0 Å². The Bertz CT molecular complexity index is 357. The molecule has 4 heteroatoms. The molecule has 0 bridgehead atoms. The maximum absolute atomic E-state index is 11.9. The van der Waals surface area contributed by atoms with Crippen LogP contribution < -0.4 is 5.32 Å². The van der Waals surface area contributed by atoms with Crippen LogP contribution in [-0.4, -0.2) is 28.7 Å². The molecule has 4 nitrogen and oxygen atoms in total. The minimum atomic E-state index is 0.0548. The first-order valence-corrected chi connectivity index (χ1v) is 6.32.